The lowest BCUT2D eigenvalue weighted by molar-refractivity contribution is 0.200. The summed E-state index contributed by atoms with van der Waals surface area (Å²) < 4.78 is 15.0. The van der Waals surface area contributed by atoms with Gasteiger partial charge in [0.1, 0.15) is 18.1 Å². The van der Waals surface area contributed by atoms with Gasteiger partial charge in [0.15, 0.2) is 0 Å². The summed E-state index contributed by atoms with van der Waals surface area (Å²) in [4.78, 5) is 18.3. The third kappa shape index (κ3) is 3.67. The molecule has 122 valence electrons. The van der Waals surface area contributed by atoms with Gasteiger partial charge in [0.05, 0.1) is 20.2 Å². The highest BCUT2D eigenvalue weighted by Gasteiger charge is 2.21. The maximum absolute atomic E-state index is 12.4. The van der Waals surface area contributed by atoms with E-state index in [4.69, 9.17) is 9.47 Å². The van der Waals surface area contributed by atoms with Crippen LogP contribution >= 0.6 is 23.3 Å². The van der Waals surface area contributed by atoms with Crippen LogP contribution in [-0.2, 0) is 6.54 Å². The van der Waals surface area contributed by atoms with Crippen LogP contribution in [0.15, 0.2) is 23.4 Å². The number of carbonyl (C=O) groups excluding carboxylic acids is 1. The molecule has 3 rings (SSSR count). The van der Waals surface area contributed by atoms with E-state index in [1.54, 1.807) is 12.0 Å². The molecule has 0 atom stereocenters. The molecule has 0 fully saturated rings. The number of hydrogen-bond acceptors (Lipinski definition) is 7. The van der Waals surface area contributed by atoms with Crippen LogP contribution in [0.2, 0.25) is 0 Å². The third-order valence-electron chi connectivity index (χ3n) is 3.35. The smallest absolute Gasteiger partial charge is 0.324 e. The molecule has 0 bridgehead atoms. The summed E-state index contributed by atoms with van der Waals surface area (Å²) in [5.41, 5.74) is 0.945. The van der Waals surface area contributed by atoms with Crippen molar-refractivity contribution >= 4 is 34.5 Å². The summed E-state index contributed by atoms with van der Waals surface area (Å²) in [5.74, 6) is 1.49. The van der Waals surface area contributed by atoms with Crippen LogP contribution in [0.1, 0.15) is 5.56 Å². The van der Waals surface area contributed by atoms with E-state index in [0.717, 1.165) is 17.1 Å². The number of benzene rings is 1. The first-order valence-corrected chi connectivity index (χ1v) is 8.92. The first-order chi connectivity index (χ1) is 11.2. The van der Waals surface area contributed by atoms with Gasteiger partial charge in [-0.15, -0.1) is 0 Å². The van der Waals surface area contributed by atoms with E-state index in [2.05, 4.69) is 14.7 Å². The van der Waals surface area contributed by atoms with E-state index in [0.29, 0.717) is 30.0 Å². The van der Waals surface area contributed by atoms with Gasteiger partial charge in [0, 0.05) is 23.2 Å². The number of fused-ring (bicyclic) bond motifs is 1. The van der Waals surface area contributed by atoms with Crippen LogP contribution in [0.5, 0.6) is 11.5 Å². The van der Waals surface area contributed by atoms with Crippen LogP contribution in [0.25, 0.3) is 0 Å². The Morgan fingerprint density at radius 3 is 3.13 bits per heavy atom. The van der Waals surface area contributed by atoms with Crippen molar-refractivity contribution in [1.82, 2.24) is 14.3 Å². The molecule has 7 nitrogen and oxygen atoms in total. The van der Waals surface area contributed by atoms with Crippen LogP contribution in [0, 0.1) is 0 Å². The topological polar surface area (TPSA) is 76.6 Å². The molecule has 1 N–H and O–H groups in total. The highest BCUT2D eigenvalue weighted by atomic mass is 32.2. The Morgan fingerprint density at radius 1 is 1.52 bits per heavy atom. The number of aromatic nitrogens is 2. The van der Waals surface area contributed by atoms with E-state index < -0.39 is 0 Å². The Kier molecular flexibility index (Phi) is 4.87. The predicted octanol–water partition coefficient (Wildman–Crippen LogP) is 2.70. The van der Waals surface area contributed by atoms with Crippen molar-refractivity contribution in [3.63, 3.8) is 0 Å². The number of nitrogens with zero attached hydrogens (tertiary/aromatic N) is 3. The molecule has 9 heteroatoms. The van der Waals surface area contributed by atoms with Gasteiger partial charge in [-0.3, -0.25) is 5.32 Å². The number of ether oxygens (including phenoxy) is 2. The lowest BCUT2D eigenvalue weighted by atomic mass is 10.2. The van der Waals surface area contributed by atoms with Gasteiger partial charge in [-0.2, -0.15) is 9.36 Å². The molecule has 0 saturated heterocycles. The van der Waals surface area contributed by atoms with Crippen molar-refractivity contribution in [1.29, 1.82) is 0 Å². The molecule has 0 unspecified atom stereocenters. The lowest BCUT2D eigenvalue weighted by Crippen LogP contribution is -2.36. The molecule has 1 aliphatic heterocycles. The Morgan fingerprint density at radius 2 is 2.39 bits per heavy atom. The number of carbonyl (C=O) groups is 1. The molecule has 1 aliphatic rings. The van der Waals surface area contributed by atoms with Crippen molar-refractivity contribution in [2.75, 3.05) is 31.8 Å². The van der Waals surface area contributed by atoms with Crippen LogP contribution in [-0.4, -0.2) is 46.8 Å². The molecule has 0 saturated carbocycles. The highest BCUT2D eigenvalue weighted by molar-refractivity contribution is 7.98. The van der Waals surface area contributed by atoms with Crippen molar-refractivity contribution in [3.8, 4) is 11.5 Å². The minimum atomic E-state index is -0.207. The van der Waals surface area contributed by atoms with E-state index in [-0.39, 0.29) is 6.03 Å². The maximum Gasteiger partial charge on any atom is 0.324 e. The summed E-state index contributed by atoms with van der Waals surface area (Å²) in [6.45, 7) is 1.40. The average Bonchev–Trinajstić information content (AvgIpc) is 2.91. The number of nitrogens with one attached hydrogen (secondary N) is 1. The van der Waals surface area contributed by atoms with Gasteiger partial charge in [-0.1, -0.05) is 11.8 Å². The van der Waals surface area contributed by atoms with Gasteiger partial charge in [0.2, 0.25) is 10.3 Å². The second kappa shape index (κ2) is 7.05. The van der Waals surface area contributed by atoms with Gasteiger partial charge in [-0.25, -0.2) is 4.79 Å². The zero-order valence-corrected chi connectivity index (χ0v) is 14.4. The molecule has 1 aromatic heterocycles. The molecular formula is C14H16N4O3S2. The van der Waals surface area contributed by atoms with E-state index >= 15 is 0 Å². The zero-order chi connectivity index (χ0) is 16.2. The van der Waals surface area contributed by atoms with Crippen molar-refractivity contribution < 1.29 is 14.3 Å². The number of thioether (sulfide) groups is 1. The monoisotopic (exact) mass is 352 g/mol. The van der Waals surface area contributed by atoms with Gasteiger partial charge < -0.3 is 14.4 Å². The van der Waals surface area contributed by atoms with Crippen molar-refractivity contribution in [2.24, 2.45) is 0 Å². The minimum Gasteiger partial charge on any atom is -0.497 e. The Bertz CT molecular complexity index is 707. The quantitative estimate of drug-likeness (QED) is 0.856. The standard InChI is InChI=1S/C14H16N4O3S2/c1-20-10-4-3-9-8-18(5-6-21-11(9)7-10)14(19)16-12-15-13(22-2)17-23-12/h3-4,7H,5-6,8H2,1-2H3,(H,15,16,17,19). The molecule has 1 aromatic carbocycles. The molecular weight excluding hydrogens is 336 g/mol. The fourth-order valence-electron chi connectivity index (χ4n) is 2.16. The summed E-state index contributed by atoms with van der Waals surface area (Å²) in [6.07, 6.45) is 1.89. The number of hydrogen-bond donors (Lipinski definition) is 1. The Labute approximate surface area is 142 Å². The fourth-order valence-corrected chi connectivity index (χ4v) is 3.28. The lowest BCUT2D eigenvalue weighted by Gasteiger charge is -2.19. The molecule has 2 heterocycles. The average molecular weight is 352 g/mol. The summed E-state index contributed by atoms with van der Waals surface area (Å²) in [5, 5.41) is 3.94. The fraction of sp³-hybridized carbons (Fsp3) is 0.357. The Balaban J connectivity index is 1.71. The van der Waals surface area contributed by atoms with Crippen LogP contribution in [0.4, 0.5) is 9.93 Å². The normalized spacial score (nSPS) is 13.7. The molecule has 23 heavy (non-hydrogen) atoms. The molecule has 2 amide bonds. The molecule has 0 radical (unpaired) electrons. The van der Waals surface area contributed by atoms with Gasteiger partial charge in [-0.05, 0) is 18.4 Å². The number of amides is 2. The first-order valence-electron chi connectivity index (χ1n) is 6.93. The largest absolute Gasteiger partial charge is 0.497 e. The summed E-state index contributed by atoms with van der Waals surface area (Å²) >= 11 is 2.62. The second-order valence-corrected chi connectivity index (χ2v) is 6.29. The second-order valence-electron chi connectivity index (χ2n) is 4.76. The van der Waals surface area contributed by atoms with Crippen molar-refractivity contribution in [2.45, 2.75) is 11.7 Å². The van der Waals surface area contributed by atoms with Crippen LogP contribution < -0.4 is 14.8 Å². The minimum absolute atomic E-state index is 0.207. The van der Waals surface area contributed by atoms with Crippen molar-refractivity contribution in [3.05, 3.63) is 23.8 Å². The highest BCUT2D eigenvalue weighted by Crippen LogP contribution is 2.28. The predicted molar refractivity (Wildman–Crippen MR) is 89.6 cm³/mol. The molecule has 2 aromatic rings. The summed E-state index contributed by atoms with van der Waals surface area (Å²) in [6, 6.07) is 5.41. The first kappa shape index (κ1) is 15.9. The molecule has 0 spiro atoms. The van der Waals surface area contributed by atoms with Gasteiger partial charge in [0.25, 0.3) is 0 Å². The number of methoxy groups -OCH3 is 1. The number of urea groups is 1. The number of rotatable bonds is 3. The van der Waals surface area contributed by atoms with E-state index in [1.807, 2.05) is 24.5 Å². The molecule has 0 aliphatic carbocycles. The van der Waals surface area contributed by atoms with Crippen LogP contribution in [0.3, 0.4) is 0 Å². The Hall–Kier alpha value is -2.00. The SMILES string of the molecule is COc1ccc2c(c1)OCCN(C(=O)Nc1nc(SC)ns1)C2. The number of anilines is 1. The van der Waals surface area contributed by atoms with E-state index in [1.165, 1.54) is 23.3 Å². The zero-order valence-electron chi connectivity index (χ0n) is 12.7. The van der Waals surface area contributed by atoms with Gasteiger partial charge >= 0.3 is 6.03 Å². The van der Waals surface area contributed by atoms with E-state index in [9.17, 15) is 4.79 Å². The maximum atomic E-state index is 12.4. The summed E-state index contributed by atoms with van der Waals surface area (Å²) in [7, 11) is 1.61. The third-order valence-corrected chi connectivity index (χ3v) is 4.64.